The lowest BCUT2D eigenvalue weighted by Crippen LogP contribution is -2.43. The average Bonchev–Trinajstić information content (AvgIpc) is 3.17. The normalized spacial score (nSPS) is 15.7. The Morgan fingerprint density at radius 2 is 1.96 bits per heavy atom. The Kier molecular flexibility index (Phi) is 4.44. The Balaban J connectivity index is 1.90. The van der Waals surface area contributed by atoms with Crippen LogP contribution in [0.5, 0.6) is 5.75 Å². The van der Waals surface area contributed by atoms with E-state index in [0.717, 1.165) is 11.4 Å². The molecular formula is C20H17ClN4O3. The fourth-order valence-electron chi connectivity index (χ4n) is 3.17. The highest BCUT2D eigenvalue weighted by Crippen LogP contribution is 2.34. The van der Waals surface area contributed by atoms with Crippen LogP contribution < -0.4 is 31.9 Å². The molecule has 0 saturated heterocycles. The minimum Gasteiger partial charge on any atom is -0.497 e. The number of benzene rings is 2. The number of carbonyl (C=O) groups is 1. The Morgan fingerprint density at radius 3 is 2.64 bits per heavy atom. The van der Waals surface area contributed by atoms with E-state index in [9.17, 15) is 4.79 Å². The van der Waals surface area contributed by atoms with Gasteiger partial charge in [-0.25, -0.2) is 4.99 Å². The minimum atomic E-state index is -0.616. The lowest BCUT2D eigenvalue weighted by atomic mass is 10.1. The van der Waals surface area contributed by atoms with Crippen molar-refractivity contribution in [3.05, 3.63) is 81.7 Å². The molecule has 4 rings (SSSR count). The van der Waals surface area contributed by atoms with E-state index in [-0.39, 0.29) is 10.6 Å². The Labute approximate surface area is 165 Å². The molecule has 1 aromatic heterocycles. The van der Waals surface area contributed by atoms with Gasteiger partial charge in [0.25, 0.3) is 0 Å². The molecule has 1 aliphatic rings. The maximum absolute atomic E-state index is 11.7. The minimum absolute atomic E-state index is 0.216. The van der Waals surface area contributed by atoms with Gasteiger partial charge in [-0.1, -0.05) is 17.7 Å². The standard InChI is InChI=1S/C20H17ClN4O3/c1-27-13-5-3-12(4-6-13)25-17(22)14-8-9-28-20(14)24-19(25)11-2-7-16(21)15(10-11)18(23)26/h2-10,19H,22H2,1H3,(H2,23,26). The maximum atomic E-state index is 11.7. The van der Waals surface area contributed by atoms with Crippen LogP contribution in [-0.2, 0) is 0 Å². The van der Waals surface area contributed by atoms with E-state index in [1.165, 1.54) is 6.26 Å². The number of nitrogens with zero attached hydrogens (tertiary/aromatic N) is 2. The maximum Gasteiger partial charge on any atom is 0.250 e. The highest BCUT2D eigenvalue weighted by Gasteiger charge is 2.28. The first-order chi connectivity index (χ1) is 13.5. The summed E-state index contributed by atoms with van der Waals surface area (Å²) in [7, 11) is 1.60. The molecule has 0 saturated carbocycles. The second kappa shape index (κ2) is 6.94. The molecule has 1 atom stereocenters. The fraction of sp³-hybridized carbons (Fsp3) is 0.100. The number of halogens is 1. The smallest absolute Gasteiger partial charge is 0.250 e. The first-order valence-corrected chi connectivity index (χ1v) is 8.81. The molecule has 28 heavy (non-hydrogen) atoms. The van der Waals surface area contributed by atoms with Crippen molar-refractivity contribution in [2.24, 2.45) is 16.5 Å². The summed E-state index contributed by atoms with van der Waals surface area (Å²) in [4.78, 5) is 18.3. The lowest BCUT2D eigenvalue weighted by molar-refractivity contribution is 0.100. The number of primary amides is 1. The van der Waals surface area contributed by atoms with Crippen LogP contribution in [0, 0.1) is 0 Å². The van der Waals surface area contributed by atoms with Crippen LogP contribution in [0.15, 0.2) is 64.2 Å². The van der Waals surface area contributed by atoms with Crippen LogP contribution in [0.1, 0.15) is 22.1 Å². The zero-order chi connectivity index (χ0) is 19.8. The van der Waals surface area contributed by atoms with E-state index in [1.54, 1.807) is 31.4 Å². The first-order valence-electron chi connectivity index (χ1n) is 8.43. The molecule has 4 N–H and O–H groups in total. The zero-order valence-electron chi connectivity index (χ0n) is 14.9. The summed E-state index contributed by atoms with van der Waals surface area (Å²) < 4.78 is 10.7. The number of anilines is 1. The monoisotopic (exact) mass is 396 g/mol. The Bertz CT molecular complexity index is 1170. The first kappa shape index (κ1) is 17.9. The van der Waals surface area contributed by atoms with Gasteiger partial charge in [-0.05, 0) is 48.0 Å². The zero-order valence-corrected chi connectivity index (χ0v) is 15.7. The molecule has 2 aromatic carbocycles. The molecule has 1 unspecified atom stereocenters. The summed E-state index contributed by atoms with van der Waals surface area (Å²) in [5.74, 6) is 0.582. The van der Waals surface area contributed by atoms with Gasteiger partial charge in [0.05, 0.1) is 29.2 Å². The molecule has 1 amide bonds. The third-order valence-corrected chi connectivity index (χ3v) is 4.90. The molecule has 1 aliphatic heterocycles. The van der Waals surface area contributed by atoms with Gasteiger partial charge in [0.15, 0.2) is 6.17 Å². The number of nitrogens with two attached hydrogens (primary N) is 2. The number of ether oxygens (including phenoxy) is 1. The molecule has 0 radical (unpaired) electrons. The van der Waals surface area contributed by atoms with Gasteiger partial charge in [0, 0.05) is 5.69 Å². The van der Waals surface area contributed by atoms with E-state index >= 15 is 0 Å². The molecule has 0 bridgehead atoms. The summed E-state index contributed by atoms with van der Waals surface area (Å²) >= 11 is 6.10. The van der Waals surface area contributed by atoms with Crippen molar-refractivity contribution in [3.63, 3.8) is 0 Å². The number of rotatable bonds is 4. The van der Waals surface area contributed by atoms with Crippen LogP contribution >= 0.6 is 11.6 Å². The van der Waals surface area contributed by atoms with Crippen LogP contribution in [0.25, 0.3) is 5.82 Å². The topological polar surface area (TPSA) is 107 Å². The number of hydrogen-bond donors (Lipinski definition) is 2. The Morgan fingerprint density at radius 1 is 1.21 bits per heavy atom. The number of hydrogen-bond acceptors (Lipinski definition) is 6. The molecule has 3 aromatic rings. The second-order valence-electron chi connectivity index (χ2n) is 6.20. The van der Waals surface area contributed by atoms with Crippen LogP contribution in [0.2, 0.25) is 5.02 Å². The van der Waals surface area contributed by atoms with E-state index in [1.807, 2.05) is 29.2 Å². The van der Waals surface area contributed by atoms with Crippen molar-refractivity contribution < 1.29 is 13.9 Å². The van der Waals surface area contributed by atoms with E-state index in [2.05, 4.69) is 4.99 Å². The number of amides is 1. The molecule has 2 heterocycles. The largest absolute Gasteiger partial charge is 0.497 e. The molecule has 0 spiro atoms. The summed E-state index contributed by atoms with van der Waals surface area (Å²) in [6, 6.07) is 14.2. The summed E-state index contributed by atoms with van der Waals surface area (Å²) in [5.41, 5.74) is 14.0. The molecule has 142 valence electrons. The quantitative estimate of drug-likeness (QED) is 0.700. The highest BCUT2D eigenvalue weighted by molar-refractivity contribution is 6.33. The molecule has 0 fully saturated rings. The number of methoxy groups -OCH3 is 1. The Hall–Kier alpha value is -3.45. The molecule has 0 aliphatic carbocycles. The molecule has 8 heteroatoms. The van der Waals surface area contributed by atoms with Crippen molar-refractivity contribution >= 4 is 29.0 Å². The van der Waals surface area contributed by atoms with Crippen molar-refractivity contribution in [2.45, 2.75) is 6.17 Å². The van der Waals surface area contributed by atoms with E-state index in [0.29, 0.717) is 22.2 Å². The van der Waals surface area contributed by atoms with Crippen LogP contribution in [0.4, 0.5) is 5.69 Å². The van der Waals surface area contributed by atoms with Crippen molar-refractivity contribution in [1.29, 1.82) is 0 Å². The van der Waals surface area contributed by atoms with Gasteiger partial charge in [0.1, 0.15) is 11.6 Å². The second-order valence-corrected chi connectivity index (χ2v) is 6.61. The van der Waals surface area contributed by atoms with Gasteiger partial charge in [0.2, 0.25) is 11.5 Å². The number of fused-ring (bicyclic) bond motifs is 1. The van der Waals surface area contributed by atoms with Crippen molar-refractivity contribution in [1.82, 2.24) is 0 Å². The summed E-state index contributed by atoms with van der Waals surface area (Å²) in [5, 5.41) is 0.967. The SMILES string of the molecule is COc1ccc(N2C(N)=c3ccoc3=NC2c2ccc(Cl)c(C(N)=O)c2)cc1. The van der Waals surface area contributed by atoms with Gasteiger partial charge in [-0.2, -0.15) is 0 Å². The van der Waals surface area contributed by atoms with Gasteiger partial charge >= 0.3 is 0 Å². The average molecular weight is 397 g/mol. The third kappa shape index (κ3) is 2.95. The third-order valence-electron chi connectivity index (χ3n) is 4.57. The lowest BCUT2D eigenvalue weighted by Gasteiger charge is -2.33. The number of carbonyl (C=O) groups excluding carboxylic acids is 1. The predicted octanol–water partition coefficient (Wildman–Crippen LogP) is 1.90. The molecular weight excluding hydrogens is 380 g/mol. The number of furan rings is 1. The molecule has 7 nitrogen and oxygen atoms in total. The summed E-state index contributed by atoms with van der Waals surface area (Å²) in [6.07, 6.45) is 0.967. The van der Waals surface area contributed by atoms with E-state index < -0.39 is 12.1 Å². The fourth-order valence-corrected chi connectivity index (χ4v) is 3.38. The van der Waals surface area contributed by atoms with Crippen molar-refractivity contribution in [3.8, 4) is 5.75 Å². The van der Waals surface area contributed by atoms with Crippen LogP contribution in [0.3, 0.4) is 0 Å². The van der Waals surface area contributed by atoms with Gasteiger partial charge < -0.3 is 25.5 Å². The summed E-state index contributed by atoms with van der Waals surface area (Å²) in [6.45, 7) is 0. The van der Waals surface area contributed by atoms with E-state index in [4.69, 9.17) is 32.2 Å². The predicted molar refractivity (Wildman–Crippen MR) is 105 cm³/mol. The highest BCUT2D eigenvalue weighted by atomic mass is 35.5. The van der Waals surface area contributed by atoms with Crippen LogP contribution in [-0.4, -0.2) is 13.0 Å². The van der Waals surface area contributed by atoms with Gasteiger partial charge in [-0.3, -0.25) is 4.79 Å². The van der Waals surface area contributed by atoms with Gasteiger partial charge in [-0.15, -0.1) is 0 Å². The van der Waals surface area contributed by atoms with Crippen molar-refractivity contribution in [2.75, 3.05) is 12.0 Å².